The van der Waals surface area contributed by atoms with Crippen molar-refractivity contribution in [1.29, 1.82) is 0 Å². The highest BCUT2D eigenvalue weighted by molar-refractivity contribution is 7.89. The van der Waals surface area contributed by atoms with Crippen molar-refractivity contribution < 1.29 is 13.2 Å². The van der Waals surface area contributed by atoms with E-state index >= 15 is 0 Å². The number of nitrogens with zero attached hydrogens (tertiary/aromatic N) is 2. The zero-order valence-electron chi connectivity index (χ0n) is 21.8. The molecule has 8 heteroatoms. The number of carbonyl (C=O) groups excluding carboxylic acids is 1. The first-order valence-electron chi connectivity index (χ1n) is 14.7. The lowest BCUT2D eigenvalue weighted by Gasteiger charge is -2.42. The van der Waals surface area contributed by atoms with Crippen LogP contribution in [0.25, 0.3) is 0 Å². The molecule has 2 aliphatic carbocycles. The Balaban J connectivity index is 1.14. The van der Waals surface area contributed by atoms with E-state index in [4.69, 9.17) is 0 Å². The third kappa shape index (κ3) is 5.75. The molecule has 0 spiro atoms. The lowest BCUT2D eigenvalue weighted by Crippen LogP contribution is -2.50. The summed E-state index contributed by atoms with van der Waals surface area (Å²) in [6.45, 7) is 5.37. The SMILES string of the molecule is CC1NN2CCC(C3CCN(S(=O)(=O)C4CCCCC4)CC3)CC2C1C(=O)NCC1CCCCC1. The van der Waals surface area contributed by atoms with E-state index in [0.29, 0.717) is 30.8 Å². The van der Waals surface area contributed by atoms with Gasteiger partial charge in [-0.15, -0.1) is 0 Å². The number of nitrogens with one attached hydrogen (secondary N) is 2. The first-order valence-corrected chi connectivity index (χ1v) is 16.2. The first-order chi connectivity index (χ1) is 16.9. The maximum atomic E-state index is 13.3. The van der Waals surface area contributed by atoms with Gasteiger partial charge in [-0.05, 0) is 76.0 Å². The number of hydrazine groups is 1. The van der Waals surface area contributed by atoms with Crippen LogP contribution in [0.15, 0.2) is 0 Å². The standard InChI is InChI=1S/C27H48N4O3S/c1-20-26(27(32)28-19-21-8-4-2-5-9-21)25-18-23(14-17-31(25)29-20)22-12-15-30(16-13-22)35(33,34)24-10-6-3-7-11-24/h20-26,29H,2-19H2,1H3,(H,28,32). The molecule has 200 valence electrons. The van der Waals surface area contributed by atoms with Gasteiger partial charge in [0.05, 0.1) is 11.2 Å². The predicted molar refractivity (Wildman–Crippen MR) is 139 cm³/mol. The van der Waals surface area contributed by atoms with E-state index in [-0.39, 0.29) is 29.2 Å². The molecule has 0 radical (unpaired) electrons. The second kappa shape index (κ2) is 11.4. The van der Waals surface area contributed by atoms with E-state index in [1.165, 1.54) is 38.5 Å². The number of rotatable bonds is 6. The molecule has 4 unspecified atom stereocenters. The third-order valence-corrected chi connectivity index (χ3v) is 12.5. The second-order valence-corrected chi connectivity index (χ2v) is 14.5. The summed E-state index contributed by atoms with van der Waals surface area (Å²) in [6.07, 6.45) is 15.6. The molecule has 7 nitrogen and oxygen atoms in total. The van der Waals surface area contributed by atoms with E-state index in [0.717, 1.165) is 64.5 Å². The number of hydrogen-bond acceptors (Lipinski definition) is 5. The summed E-state index contributed by atoms with van der Waals surface area (Å²) in [5, 5.41) is 5.53. The first kappa shape index (κ1) is 25.9. The zero-order chi connectivity index (χ0) is 24.4. The fraction of sp³-hybridized carbons (Fsp3) is 0.963. The Bertz CT molecular complexity index is 816. The number of fused-ring (bicyclic) bond motifs is 1. The monoisotopic (exact) mass is 508 g/mol. The molecule has 2 N–H and O–H groups in total. The van der Waals surface area contributed by atoms with Crippen LogP contribution in [0.5, 0.6) is 0 Å². The molecule has 5 rings (SSSR count). The summed E-state index contributed by atoms with van der Waals surface area (Å²) < 4.78 is 28.2. The minimum Gasteiger partial charge on any atom is -0.355 e. The van der Waals surface area contributed by atoms with Gasteiger partial charge in [-0.3, -0.25) is 10.2 Å². The molecule has 5 aliphatic rings. The lowest BCUT2D eigenvalue weighted by molar-refractivity contribution is -0.126. The highest BCUT2D eigenvalue weighted by atomic mass is 32.2. The van der Waals surface area contributed by atoms with Gasteiger partial charge in [-0.1, -0.05) is 38.5 Å². The van der Waals surface area contributed by atoms with Crippen LogP contribution in [0.4, 0.5) is 0 Å². The molecule has 5 fully saturated rings. The highest BCUT2D eigenvalue weighted by Crippen LogP contribution is 2.40. The van der Waals surface area contributed by atoms with Crippen LogP contribution in [0.2, 0.25) is 0 Å². The number of piperidine rings is 2. The number of sulfonamides is 1. The quantitative estimate of drug-likeness (QED) is 0.572. The van der Waals surface area contributed by atoms with Crippen LogP contribution in [0.3, 0.4) is 0 Å². The van der Waals surface area contributed by atoms with Crippen molar-refractivity contribution in [2.45, 2.75) is 114 Å². The summed E-state index contributed by atoms with van der Waals surface area (Å²) in [5.74, 6) is 2.07. The molecule has 3 saturated heterocycles. The normalized spacial score (nSPS) is 35.1. The summed E-state index contributed by atoms with van der Waals surface area (Å²) >= 11 is 0. The minimum atomic E-state index is -3.13. The van der Waals surface area contributed by atoms with Gasteiger partial charge in [0.15, 0.2) is 0 Å². The van der Waals surface area contributed by atoms with Crippen LogP contribution < -0.4 is 10.7 Å². The van der Waals surface area contributed by atoms with Gasteiger partial charge in [-0.25, -0.2) is 17.7 Å². The van der Waals surface area contributed by atoms with E-state index in [1.54, 1.807) is 0 Å². The largest absolute Gasteiger partial charge is 0.355 e. The summed E-state index contributed by atoms with van der Waals surface area (Å²) in [6, 6.07) is 0.437. The maximum Gasteiger partial charge on any atom is 0.226 e. The molecule has 0 bridgehead atoms. The molecule has 4 atom stereocenters. The average molecular weight is 509 g/mol. The number of hydrogen-bond donors (Lipinski definition) is 2. The second-order valence-electron chi connectivity index (χ2n) is 12.3. The van der Waals surface area contributed by atoms with Crippen LogP contribution in [0.1, 0.15) is 96.8 Å². The highest BCUT2D eigenvalue weighted by Gasteiger charge is 2.48. The van der Waals surface area contributed by atoms with Gasteiger partial charge in [0.2, 0.25) is 15.9 Å². The van der Waals surface area contributed by atoms with E-state index < -0.39 is 10.0 Å². The van der Waals surface area contributed by atoms with Gasteiger partial charge < -0.3 is 5.32 Å². The van der Waals surface area contributed by atoms with Crippen molar-refractivity contribution in [2.24, 2.45) is 23.7 Å². The molecule has 0 aromatic heterocycles. The van der Waals surface area contributed by atoms with E-state index in [9.17, 15) is 13.2 Å². The third-order valence-electron chi connectivity index (χ3n) is 10.1. The van der Waals surface area contributed by atoms with Crippen LogP contribution >= 0.6 is 0 Å². The molecule has 0 aromatic rings. The van der Waals surface area contributed by atoms with Crippen LogP contribution in [-0.4, -0.2) is 67.2 Å². The molecule has 3 aliphatic heterocycles. The van der Waals surface area contributed by atoms with Crippen molar-refractivity contribution >= 4 is 15.9 Å². The molecule has 3 heterocycles. The van der Waals surface area contributed by atoms with Crippen molar-refractivity contribution in [3.05, 3.63) is 0 Å². The van der Waals surface area contributed by atoms with E-state index in [2.05, 4.69) is 22.7 Å². The minimum absolute atomic E-state index is 0.00755. The number of carbonyl (C=O) groups is 1. The summed E-state index contributed by atoms with van der Waals surface area (Å²) in [7, 11) is -3.13. The van der Waals surface area contributed by atoms with Crippen LogP contribution in [0, 0.1) is 23.7 Å². The Hall–Kier alpha value is -0.700. The fourth-order valence-electron chi connectivity index (χ4n) is 7.96. The molecular formula is C27H48N4O3S. The maximum absolute atomic E-state index is 13.3. The van der Waals surface area contributed by atoms with Crippen molar-refractivity contribution in [1.82, 2.24) is 20.1 Å². The molecule has 0 aromatic carbocycles. The van der Waals surface area contributed by atoms with Crippen molar-refractivity contribution in [2.75, 3.05) is 26.2 Å². The van der Waals surface area contributed by atoms with Gasteiger partial charge in [-0.2, -0.15) is 0 Å². The van der Waals surface area contributed by atoms with Gasteiger partial charge in [0.1, 0.15) is 0 Å². The zero-order valence-corrected chi connectivity index (χ0v) is 22.6. The Kier molecular flexibility index (Phi) is 8.42. The lowest BCUT2D eigenvalue weighted by atomic mass is 9.74. The summed E-state index contributed by atoms with van der Waals surface area (Å²) in [4.78, 5) is 13.3. The number of amides is 1. The average Bonchev–Trinajstić information content (AvgIpc) is 3.23. The fourth-order valence-corrected chi connectivity index (χ4v) is 10.0. The van der Waals surface area contributed by atoms with Gasteiger partial charge >= 0.3 is 0 Å². The molecule has 35 heavy (non-hydrogen) atoms. The topological polar surface area (TPSA) is 81.8 Å². The van der Waals surface area contributed by atoms with Gasteiger partial charge in [0, 0.05) is 38.3 Å². The molecule has 2 saturated carbocycles. The Morgan fingerprint density at radius 3 is 2.17 bits per heavy atom. The Morgan fingerprint density at radius 2 is 1.49 bits per heavy atom. The van der Waals surface area contributed by atoms with Crippen molar-refractivity contribution in [3.63, 3.8) is 0 Å². The smallest absolute Gasteiger partial charge is 0.226 e. The molecule has 1 amide bonds. The van der Waals surface area contributed by atoms with Crippen molar-refractivity contribution in [3.8, 4) is 0 Å². The van der Waals surface area contributed by atoms with Gasteiger partial charge in [0.25, 0.3) is 0 Å². The Morgan fingerprint density at radius 1 is 0.857 bits per heavy atom. The molecular weight excluding hydrogens is 460 g/mol. The predicted octanol–water partition coefficient (Wildman–Crippen LogP) is 3.66. The summed E-state index contributed by atoms with van der Waals surface area (Å²) in [5.41, 5.74) is 3.60. The van der Waals surface area contributed by atoms with E-state index in [1.807, 2.05) is 4.31 Å². The van der Waals surface area contributed by atoms with Crippen LogP contribution in [-0.2, 0) is 14.8 Å². The Labute approximate surface area is 213 Å².